The molecule has 0 saturated carbocycles. The minimum atomic E-state index is -4.31. The van der Waals surface area contributed by atoms with Crippen LogP contribution >= 0.6 is 11.6 Å². The lowest BCUT2D eigenvalue weighted by molar-refractivity contribution is -0.0857. The highest BCUT2D eigenvalue weighted by atomic mass is 35.5. The van der Waals surface area contributed by atoms with Crippen LogP contribution in [0.3, 0.4) is 0 Å². The molecule has 2 aromatic rings. The molecule has 2 rings (SSSR count). The molecule has 0 aliphatic rings. The third-order valence-electron chi connectivity index (χ3n) is 7.07. The van der Waals surface area contributed by atoms with Crippen molar-refractivity contribution >= 4 is 23.4 Å². The van der Waals surface area contributed by atoms with Gasteiger partial charge in [-0.3, -0.25) is 4.99 Å². The molecule has 0 aliphatic carbocycles. The molecule has 0 N–H and O–H groups in total. The molecule has 0 aliphatic heterocycles. The Morgan fingerprint density at radius 1 is 1.02 bits per heavy atom. The maximum Gasteiger partial charge on any atom is 0.417 e. The average Bonchev–Trinajstić information content (AvgIpc) is 2.93. The molecule has 0 fully saturated rings. The lowest BCUT2D eigenvalue weighted by atomic mass is 9.83. The number of hydrogen-bond donors (Lipinski definition) is 0. The molecule has 0 saturated heterocycles. The SMILES string of the molecule is CCCC/C(=C(/C)C(C)c1ccc(C)c(F)c1F)c1cc(Cl)c(F)cc1CC.C\C=C(/C=N/C(C)=C/CC)C(F)(F)F. The molecule has 0 spiro atoms. The summed E-state index contributed by atoms with van der Waals surface area (Å²) in [5.41, 5.74) is 4.26. The predicted octanol–water partition coefficient (Wildman–Crippen LogP) is 12.3. The van der Waals surface area contributed by atoms with Crippen molar-refractivity contribution in [1.29, 1.82) is 0 Å². The first-order valence-electron chi connectivity index (χ1n) is 14.2. The van der Waals surface area contributed by atoms with E-state index in [1.165, 1.54) is 13.0 Å². The van der Waals surface area contributed by atoms with E-state index in [0.717, 1.165) is 60.2 Å². The largest absolute Gasteiger partial charge is 0.417 e. The Bertz CT molecular complexity index is 1320. The van der Waals surface area contributed by atoms with E-state index in [-0.39, 0.29) is 10.9 Å². The highest BCUT2D eigenvalue weighted by Crippen LogP contribution is 2.38. The monoisotopic (exact) mass is 613 g/mol. The van der Waals surface area contributed by atoms with Crippen molar-refractivity contribution in [2.75, 3.05) is 0 Å². The van der Waals surface area contributed by atoms with Gasteiger partial charge in [0.25, 0.3) is 0 Å². The van der Waals surface area contributed by atoms with E-state index >= 15 is 0 Å². The minimum Gasteiger partial charge on any atom is -0.261 e. The van der Waals surface area contributed by atoms with Gasteiger partial charge in [0.2, 0.25) is 0 Å². The smallest absolute Gasteiger partial charge is 0.261 e. The van der Waals surface area contributed by atoms with Gasteiger partial charge in [-0.1, -0.05) is 75.6 Å². The van der Waals surface area contributed by atoms with Crippen LogP contribution in [0.25, 0.3) is 5.57 Å². The summed E-state index contributed by atoms with van der Waals surface area (Å²) in [5.74, 6) is -2.34. The van der Waals surface area contributed by atoms with E-state index in [9.17, 15) is 26.3 Å². The fraction of sp³-hybridized carbons (Fsp3) is 0.441. The first-order chi connectivity index (χ1) is 19.6. The second kappa shape index (κ2) is 17.3. The normalized spacial score (nSPS) is 14.1. The van der Waals surface area contributed by atoms with Crippen molar-refractivity contribution < 1.29 is 26.3 Å². The predicted molar refractivity (Wildman–Crippen MR) is 165 cm³/mol. The molecule has 1 unspecified atom stereocenters. The van der Waals surface area contributed by atoms with Gasteiger partial charge in [-0.25, -0.2) is 13.2 Å². The summed E-state index contributed by atoms with van der Waals surface area (Å²) >= 11 is 6.08. The molecule has 0 heterocycles. The minimum absolute atomic E-state index is 0.0780. The van der Waals surface area contributed by atoms with Crippen LogP contribution in [0.4, 0.5) is 26.3 Å². The molecule has 42 heavy (non-hydrogen) atoms. The van der Waals surface area contributed by atoms with Crippen molar-refractivity contribution in [2.24, 2.45) is 4.99 Å². The highest BCUT2D eigenvalue weighted by Gasteiger charge is 2.31. The van der Waals surface area contributed by atoms with Gasteiger partial charge < -0.3 is 0 Å². The number of alkyl halides is 3. The topological polar surface area (TPSA) is 12.4 Å². The quantitative estimate of drug-likeness (QED) is 0.187. The Labute approximate surface area is 252 Å². The molecule has 232 valence electrons. The van der Waals surface area contributed by atoms with Crippen molar-refractivity contribution in [3.63, 3.8) is 0 Å². The van der Waals surface area contributed by atoms with Gasteiger partial charge >= 0.3 is 6.18 Å². The maximum atomic E-state index is 14.6. The van der Waals surface area contributed by atoms with E-state index < -0.39 is 29.2 Å². The molecule has 2 aromatic carbocycles. The lowest BCUT2D eigenvalue weighted by Crippen LogP contribution is -2.12. The third-order valence-corrected chi connectivity index (χ3v) is 7.36. The number of nitrogens with zero attached hydrogens (tertiary/aromatic N) is 1. The Morgan fingerprint density at radius 3 is 2.19 bits per heavy atom. The fourth-order valence-corrected chi connectivity index (χ4v) is 4.54. The van der Waals surface area contributed by atoms with E-state index in [0.29, 0.717) is 23.2 Å². The highest BCUT2D eigenvalue weighted by molar-refractivity contribution is 6.31. The van der Waals surface area contributed by atoms with Crippen molar-refractivity contribution in [2.45, 2.75) is 99.6 Å². The maximum absolute atomic E-state index is 14.6. The molecule has 0 amide bonds. The summed E-state index contributed by atoms with van der Waals surface area (Å²) in [7, 11) is 0. The van der Waals surface area contributed by atoms with Gasteiger partial charge in [-0.05, 0) is 93.3 Å². The van der Waals surface area contributed by atoms with Crippen LogP contribution in [0.5, 0.6) is 0 Å². The number of halogens is 7. The van der Waals surface area contributed by atoms with Gasteiger partial charge in [0.1, 0.15) is 5.82 Å². The average molecular weight is 614 g/mol. The summed E-state index contributed by atoms with van der Waals surface area (Å²) in [6.07, 6.45) is 3.44. The molecule has 0 aromatic heterocycles. The molecule has 0 bridgehead atoms. The van der Waals surface area contributed by atoms with Gasteiger partial charge in [-0.2, -0.15) is 13.2 Å². The van der Waals surface area contributed by atoms with Crippen LogP contribution in [0.2, 0.25) is 5.02 Å². The number of rotatable bonds is 10. The van der Waals surface area contributed by atoms with Crippen molar-refractivity contribution in [1.82, 2.24) is 0 Å². The zero-order valence-corrected chi connectivity index (χ0v) is 26.5. The van der Waals surface area contributed by atoms with Crippen LogP contribution in [-0.2, 0) is 6.42 Å². The number of unbranched alkanes of at least 4 members (excludes halogenated alkanes) is 1. The molecule has 0 radical (unpaired) electrons. The second-order valence-corrected chi connectivity index (χ2v) is 10.5. The fourth-order valence-electron chi connectivity index (χ4n) is 4.38. The summed E-state index contributed by atoms with van der Waals surface area (Å²) in [4.78, 5) is 3.70. The number of benzene rings is 2. The van der Waals surface area contributed by atoms with Crippen molar-refractivity contribution in [3.05, 3.63) is 98.0 Å². The van der Waals surface area contributed by atoms with Gasteiger partial charge in [0.05, 0.1) is 10.6 Å². The lowest BCUT2D eigenvalue weighted by Gasteiger charge is -2.22. The molecule has 1 nitrogen and oxygen atoms in total. The first-order valence-corrected chi connectivity index (χ1v) is 14.6. The molecule has 1 atom stereocenters. The Balaban J connectivity index is 0.000000532. The zero-order valence-electron chi connectivity index (χ0n) is 25.7. The second-order valence-electron chi connectivity index (χ2n) is 10.1. The standard InChI is InChI=1S/C24H28ClF3.C10H14F3N/c1-6-8-9-18(20-13-21(25)22(26)12-17(20)7-2)15(4)16(5)19-11-10-14(3)23(27)24(19)28;1-4-6-8(3)14-7-9(5-2)10(11,12)13/h10-13,16H,6-9H2,1-5H3;5-7H,4H2,1-3H3/b18-15+;8-6+,9-5+,14-7+. The molecule has 8 heteroatoms. The molecular weight excluding hydrogens is 572 g/mol. The van der Waals surface area contributed by atoms with Crippen LogP contribution in [0.15, 0.2) is 58.3 Å². The van der Waals surface area contributed by atoms with Crippen LogP contribution < -0.4 is 0 Å². The Kier molecular flexibility index (Phi) is 15.4. The Hall–Kier alpha value is -2.80. The van der Waals surface area contributed by atoms with E-state index in [4.69, 9.17) is 11.6 Å². The summed E-state index contributed by atoms with van der Waals surface area (Å²) in [6.45, 7) is 14.4. The zero-order chi connectivity index (χ0) is 32.2. The third kappa shape index (κ3) is 10.5. The van der Waals surface area contributed by atoms with Gasteiger partial charge in [-0.15, -0.1) is 0 Å². The van der Waals surface area contributed by atoms with Gasteiger partial charge in [0, 0.05) is 17.8 Å². The Morgan fingerprint density at radius 2 is 1.67 bits per heavy atom. The summed E-state index contributed by atoms with van der Waals surface area (Å²) in [5, 5.41) is 0.0780. The van der Waals surface area contributed by atoms with Crippen molar-refractivity contribution in [3.8, 4) is 0 Å². The first kappa shape index (κ1) is 37.2. The summed E-state index contributed by atoms with van der Waals surface area (Å²) in [6, 6.07) is 6.41. The summed E-state index contributed by atoms with van der Waals surface area (Å²) < 4.78 is 79.2. The van der Waals surface area contributed by atoms with E-state index in [1.807, 2.05) is 27.7 Å². The van der Waals surface area contributed by atoms with Crippen LogP contribution in [-0.4, -0.2) is 12.4 Å². The molecular formula is C34H42ClF6N. The van der Waals surface area contributed by atoms with E-state index in [1.54, 1.807) is 38.1 Å². The van der Waals surface area contributed by atoms with Crippen LogP contribution in [0.1, 0.15) is 102 Å². The number of aryl methyl sites for hydroxylation is 2. The van der Waals surface area contributed by atoms with Crippen LogP contribution in [0, 0.1) is 24.4 Å². The van der Waals surface area contributed by atoms with E-state index in [2.05, 4.69) is 11.9 Å². The number of hydrogen-bond acceptors (Lipinski definition) is 1. The van der Waals surface area contributed by atoms with Gasteiger partial charge in [0.15, 0.2) is 11.6 Å². The number of aliphatic imine (C=N–C) groups is 1. The number of allylic oxidation sites excluding steroid dienone is 6.